The summed E-state index contributed by atoms with van der Waals surface area (Å²) in [5.41, 5.74) is 7.66. The molecule has 0 atom stereocenters. The van der Waals surface area contributed by atoms with E-state index in [1.54, 1.807) is 24.3 Å². The van der Waals surface area contributed by atoms with Gasteiger partial charge in [-0.25, -0.2) is 0 Å². The molecule has 0 unspecified atom stereocenters. The average Bonchev–Trinajstić information content (AvgIpc) is 2.38. The molecule has 18 heavy (non-hydrogen) atoms. The summed E-state index contributed by atoms with van der Waals surface area (Å²) in [4.78, 5) is 11.6. The Kier molecular flexibility index (Phi) is 3.62. The van der Waals surface area contributed by atoms with Crippen LogP contribution in [0.3, 0.4) is 0 Å². The van der Waals surface area contributed by atoms with Crippen LogP contribution in [0.1, 0.15) is 5.56 Å². The van der Waals surface area contributed by atoms with E-state index in [2.05, 4.69) is 17.2 Å². The van der Waals surface area contributed by atoms with Crippen LogP contribution in [0.2, 0.25) is 0 Å². The van der Waals surface area contributed by atoms with Crippen molar-refractivity contribution in [2.75, 3.05) is 11.1 Å². The second-order valence-corrected chi connectivity index (χ2v) is 3.70. The number of hydrogen-bond donors (Lipinski definition) is 2. The highest BCUT2D eigenvalue weighted by Crippen LogP contribution is 2.11. The number of carbonyl (C=O) groups excluding carboxylic acids is 1. The van der Waals surface area contributed by atoms with Crippen molar-refractivity contribution >= 4 is 17.3 Å². The minimum Gasteiger partial charge on any atom is -0.399 e. The molecule has 3 nitrogen and oxygen atoms in total. The lowest BCUT2D eigenvalue weighted by atomic mass is 10.2. The standard InChI is InChI=1S/C15H12N2O/c16-13-7-4-8-14(11-13)17-15(18)10-9-12-5-2-1-3-6-12/h1-8,11H,16H2,(H,17,18). The van der Waals surface area contributed by atoms with Gasteiger partial charge in [0.25, 0.3) is 0 Å². The summed E-state index contributed by atoms with van der Waals surface area (Å²) >= 11 is 0. The van der Waals surface area contributed by atoms with Crippen LogP contribution in [0, 0.1) is 11.8 Å². The number of carbonyl (C=O) groups is 1. The Hall–Kier alpha value is -2.73. The quantitative estimate of drug-likeness (QED) is 0.589. The van der Waals surface area contributed by atoms with E-state index in [9.17, 15) is 4.79 Å². The molecule has 0 aliphatic rings. The minimum absolute atomic E-state index is 0.357. The van der Waals surface area contributed by atoms with Crippen LogP contribution in [0.25, 0.3) is 0 Å². The van der Waals surface area contributed by atoms with E-state index in [0.29, 0.717) is 11.4 Å². The number of benzene rings is 2. The summed E-state index contributed by atoms with van der Waals surface area (Å²) in [5.74, 6) is 4.96. The molecule has 2 aromatic carbocycles. The summed E-state index contributed by atoms with van der Waals surface area (Å²) < 4.78 is 0. The number of hydrogen-bond acceptors (Lipinski definition) is 2. The molecule has 0 bridgehead atoms. The lowest BCUT2D eigenvalue weighted by Crippen LogP contribution is -2.08. The highest BCUT2D eigenvalue weighted by molar-refractivity contribution is 6.04. The normalized spacial score (nSPS) is 9.11. The van der Waals surface area contributed by atoms with Gasteiger partial charge in [-0.05, 0) is 30.3 Å². The fourth-order valence-corrected chi connectivity index (χ4v) is 1.43. The molecule has 0 aromatic heterocycles. The van der Waals surface area contributed by atoms with E-state index < -0.39 is 0 Å². The zero-order valence-corrected chi connectivity index (χ0v) is 9.68. The van der Waals surface area contributed by atoms with Crippen LogP contribution < -0.4 is 11.1 Å². The highest BCUT2D eigenvalue weighted by Gasteiger charge is 1.97. The van der Waals surface area contributed by atoms with E-state index >= 15 is 0 Å². The Morgan fingerprint density at radius 1 is 1.06 bits per heavy atom. The zero-order chi connectivity index (χ0) is 12.8. The van der Waals surface area contributed by atoms with E-state index in [0.717, 1.165) is 5.56 Å². The summed E-state index contributed by atoms with van der Waals surface area (Å²) in [5, 5.41) is 2.66. The largest absolute Gasteiger partial charge is 0.399 e. The van der Waals surface area contributed by atoms with Gasteiger partial charge in [0.15, 0.2) is 0 Å². The van der Waals surface area contributed by atoms with E-state index in [1.807, 2.05) is 30.3 Å². The predicted octanol–water partition coefficient (Wildman–Crippen LogP) is 2.26. The number of anilines is 2. The maximum atomic E-state index is 11.6. The van der Waals surface area contributed by atoms with Gasteiger partial charge < -0.3 is 11.1 Å². The predicted molar refractivity (Wildman–Crippen MR) is 72.8 cm³/mol. The van der Waals surface area contributed by atoms with Gasteiger partial charge in [-0.3, -0.25) is 4.79 Å². The Morgan fingerprint density at radius 2 is 1.83 bits per heavy atom. The van der Waals surface area contributed by atoms with E-state index in [1.165, 1.54) is 0 Å². The maximum absolute atomic E-state index is 11.6. The summed E-state index contributed by atoms with van der Waals surface area (Å²) in [6.07, 6.45) is 0. The molecule has 2 aromatic rings. The molecular weight excluding hydrogens is 224 g/mol. The van der Waals surface area contributed by atoms with Gasteiger partial charge >= 0.3 is 5.91 Å². The fourth-order valence-electron chi connectivity index (χ4n) is 1.43. The van der Waals surface area contributed by atoms with Crippen molar-refractivity contribution in [1.82, 2.24) is 0 Å². The van der Waals surface area contributed by atoms with Crippen molar-refractivity contribution in [3.63, 3.8) is 0 Å². The summed E-state index contributed by atoms with van der Waals surface area (Å²) in [6, 6.07) is 16.3. The van der Waals surface area contributed by atoms with Crippen molar-refractivity contribution in [3.05, 3.63) is 60.2 Å². The molecule has 0 saturated carbocycles. The van der Waals surface area contributed by atoms with Crippen LogP contribution in [0.4, 0.5) is 11.4 Å². The van der Waals surface area contributed by atoms with Crippen molar-refractivity contribution in [2.24, 2.45) is 0 Å². The molecule has 0 fully saturated rings. The van der Waals surface area contributed by atoms with Gasteiger partial charge in [0, 0.05) is 22.9 Å². The Bertz CT molecular complexity index is 609. The molecule has 0 aliphatic carbocycles. The number of nitrogens with one attached hydrogen (secondary N) is 1. The molecule has 1 amide bonds. The highest BCUT2D eigenvalue weighted by atomic mass is 16.1. The molecular formula is C15H12N2O. The fraction of sp³-hybridized carbons (Fsp3) is 0. The van der Waals surface area contributed by atoms with Crippen LogP contribution in [0.15, 0.2) is 54.6 Å². The lowest BCUT2D eigenvalue weighted by molar-refractivity contribution is -0.111. The average molecular weight is 236 g/mol. The lowest BCUT2D eigenvalue weighted by Gasteiger charge is -2.00. The van der Waals surface area contributed by atoms with Crippen molar-refractivity contribution in [3.8, 4) is 11.8 Å². The molecule has 0 aliphatic heterocycles. The Morgan fingerprint density at radius 3 is 2.56 bits per heavy atom. The first kappa shape index (κ1) is 11.7. The summed E-state index contributed by atoms with van der Waals surface area (Å²) in [7, 11) is 0. The Balaban J connectivity index is 2.04. The molecule has 2 rings (SSSR count). The van der Waals surface area contributed by atoms with Crippen molar-refractivity contribution < 1.29 is 4.79 Å². The molecule has 0 saturated heterocycles. The third-order valence-corrected chi connectivity index (χ3v) is 2.24. The first-order valence-electron chi connectivity index (χ1n) is 5.47. The number of nitrogen functional groups attached to an aromatic ring is 1. The zero-order valence-electron chi connectivity index (χ0n) is 9.68. The second-order valence-electron chi connectivity index (χ2n) is 3.70. The number of rotatable bonds is 1. The Labute approximate surface area is 106 Å². The van der Waals surface area contributed by atoms with Crippen molar-refractivity contribution in [2.45, 2.75) is 0 Å². The molecule has 0 radical (unpaired) electrons. The smallest absolute Gasteiger partial charge is 0.300 e. The van der Waals surface area contributed by atoms with Gasteiger partial charge in [0.05, 0.1) is 0 Å². The SMILES string of the molecule is Nc1cccc(NC(=O)C#Cc2ccccc2)c1. The maximum Gasteiger partial charge on any atom is 0.300 e. The number of amides is 1. The van der Waals surface area contributed by atoms with Crippen molar-refractivity contribution in [1.29, 1.82) is 0 Å². The first-order chi connectivity index (χ1) is 8.74. The van der Waals surface area contributed by atoms with Crippen LogP contribution in [-0.4, -0.2) is 5.91 Å². The topological polar surface area (TPSA) is 55.1 Å². The first-order valence-corrected chi connectivity index (χ1v) is 5.47. The van der Waals surface area contributed by atoms with E-state index in [-0.39, 0.29) is 5.91 Å². The van der Waals surface area contributed by atoms with Gasteiger partial charge in [-0.1, -0.05) is 30.2 Å². The monoisotopic (exact) mass is 236 g/mol. The van der Waals surface area contributed by atoms with E-state index in [4.69, 9.17) is 5.73 Å². The van der Waals surface area contributed by atoms with Gasteiger partial charge in [-0.2, -0.15) is 0 Å². The summed E-state index contributed by atoms with van der Waals surface area (Å²) in [6.45, 7) is 0. The third kappa shape index (κ3) is 3.39. The second kappa shape index (κ2) is 5.55. The van der Waals surface area contributed by atoms with Gasteiger partial charge in [0.2, 0.25) is 0 Å². The molecule has 0 heterocycles. The van der Waals surface area contributed by atoms with Gasteiger partial charge in [0.1, 0.15) is 0 Å². The number of nitrogens with two attached hydrogens (primary N) is 1. The molecule has 0 spiro atoms. The van der Waals surface area contributed by atoms with Crippen LogP contribution in [0.5, 0.6) is 0 Å². The molecule has 88 valence electrons. The third-order valence-electron chi connectivity index (χ3n) is 2.24. The minimum atomic E-state index is -0.357. The molecule has 3 N–H and O–H groups in total. The molecule has 3 heteroatoms. The van der Waals surface area contributed by atoms with Gasteiger partial charge in [-0.15, -0.1) is 0 Å². The van der Waals surface area contributed by atoms with Crippen LogP contribution >= 0.6 is 0 Å². The van der Waals surface area contributed by atoms with Crippen LogP contribution in [-0.2, 0) is 4.79 Å².